The van der Waals surface area contributed by atoms with Crippen LogP contribution >= 0.6 is 11.3 Å². The number of ether oxygens (including phenoxy) is 1. The Hall–Kier alpha value is -2.08. The van der Waals surface area contributed by atoms with Crippen molar-refractivity contribution >= 4 is 22.4 Å². The first-order chi connectivity index (χ1) is 10.3. The molecule has 0 bridgehead atoms. The van der Waals surface area contributed by atoms with Crippen LogP contribution in [0, 0.1) is 0 Å². The number of thiazole rings is 1. The van der Waals surface area contributed by atoms with Crippen LogP contribution in [0.4, 0.5) is 5.13 Å². The number of carbonyl (C=O) groups excluding carboxylic acids is 1. The van der Waals surface area contributed by atoms with Gasteiger partial charge >= 0.3 is 0 Å². The number of methoxy groups -OCH3 is 1. The van der Waals surface area contributed by atoms with Crippen LogP contribution in [0.3, 0.4) is 0 Å². The molecule has 1 amide bonds. The van der Waals surface area contributed by atoms with E-state index >= 15 is 0 Å². The summed E-state index contributed by atoms with van der Waals surface area (Å²) in [6, 6.07) is 8.17. The number of carbonyl (C=O) groups is 1. The van der Waals surface area contributed by atoms with Gasteiger partial charge in [-0.3, -0.25) is 4.79 Å². The lowest BCUT2D eigenvalue weighted by Gasteiger charge is -2.08. The minimum Gasteiger partial charge on any atom is -0.496 e. The molecule has 1 aliphatic carbocycles. The third-order valence-corrected chi connectivity index (χ3v) is 4.05. The van der Waals surface area contributed by atoms with E-state index in [-0.39, 0.29) is 5.91 Å². The van der Waals surface area contributed by atoms with Crippen LogP contribution in [0.2, 0.25) is 0 Å². The minimum absolute atomic E-state index is 0.166. The number of nitrogens with one attached hydrogen (secondary N) is 2. The van der Waals surface area contributed by atoms with E-state index in [0.717, 1.165) is 16.4 Å². The molecule has 110 valence electrons. The maximum atomic E-state index is 12.1. The van der Waals surface area contributed by atoms with Gasteiger partial charge in [-0.2, -0.15) is 0 Å². The summed E-state index contributed by atoms with van der Waals surface area (Å²) in [5.41, 5.74) is 1.40. The van der Waals surface area contributed by atoms with Gasteiger partial charge in [0.25, 0.3) is 5.91 Å². The second kappa shape index (κ2) is 6.13. The monoisotopic (exact) mass is 303 g/mol. The summed E-state index contributed by atoms with van der Waals surface area (Å²) in [6.45, 7) is 0.422. The summed E-state index contributed by atoms with van der Waals surface area (Å²) in [6.07, 6.45) is 2.38. The van der Waals surface area contributed by atoms with Crippen LogP contribution < -0.4 is 15.4 Å². The van der Waals surface area contributed by atoms with Crippen LogP contribution in [0.25, 0.3) is 0 Å². The second-order valence-corrected chi connectivity index (χ2v) is 5.81. The van der Waals surface area contributed by atoms with Crippen LogP contribution in [0.5, 0.6) is 5.75 Å². The molecule has 0 radical (unpaired) electrons. The smallest absolute Gasteiger partial charge is 0.271 e. The van der Waals surface area contributed by atoms with Gasteiger partial charge in [-0.1, -0.05) is 18.2 Å². The molecule has 0 saturated heterocycles. The van der Waals surface area contributed by atoms with Gasteiger partial charge in [0.05, 0.1) is 7.11 Å². The van der Waals surface area contributed by atoms with Crippen LogP contribution in [0.1, 0.15) is 28.9 Å². The Morgan fingerprint density at radius 1 is 1.43 bits per heavy atom. The van der Waals surface area contributed by atoms with Crippen LogP contribution in [-0.2, 0) is 6.54 Å². The van der Waals surface area contributed by atoms with Crippen LogP contribution in [0.15, 0.2) is 29.6 Å². The van der Waals surface area contributed by atoms with E-state index in [0.29, 0.717) is 18.3 Å². The van der Waals surface area contributed by atoms with Crippen molar-refractivity contribution in [3.05, 3.63) is 40.9 Å². The molecule has 1 heterocycles. The summed E-state index contributed by atoms with van der Waals surface area (Å²) in [4.78, 5) is 16.4. The molecule has 1 aromatic heterocycles. The molecule has 6 heteroatoms. The van der Waals surface area contributed by atoms with E-state index in [2.05, 4.69) is 15.6 Å². The van der Waals surface area contributed by atoms with Crippen molar-refractivity contribution in [1.82, 2.24) is 10.3 Å². The van der Waals surface area contributed by atoms with Crippen molar-refractivity contribution < 1.29 is 9.53 Å². The molecule has 2 aromatic rings. The molecule has 0 unspecified atom stereocenters. The SMILES string of the molecule is COc1ccccc1CNC(=O)c1csc(NC2CC2)n1. The number of nitrogens with zero attached hydrogens (tertiary/aromatic N) is 1. The van der Waals surface area contributed by atoms with Gasteiger partial charge in [0.2, 0.25) is 0 Å². The molecule has 0 aliphatic heterocycles. The molecule has 1 saturated carbocycles. The Balaban J connectivity index is 1.59. The lowest BCUT2D eigenvalue weighted by molar-refractivity contribution is 0.0946. The Bertz CT molecular complexity index is 637. The molecular formula is C15H17N3O2S. The lowest BCUT2D eigenvalue weighted by atomic mass is 10.2. The Labute approximate surface area is 127 Å². The molecule has 21 heavy (non-hydrogen) atoms. The number of amides is 1. The molecular weight excluding hydrogens is 286 g/mol. The van der Waals surface area contributed by atoms with Gasteiger partial charge in [-0.15, -0.1) is 11.3 Å². The maximum Gasteiger partial charge on any atom is 0.271 e. The fourth-order valence-electron chi connectivity index (χ4n) is 1.96. The summed E-state index contributed by atoms with van der Waals surface area (Å²) in [5, 5.41) is 8.76. The normalized spacial score (nSPS) is 13.8. The third-order valence-electron chi connectivity index (χ3n) is 3.27. The average Bonchev–Trinajstić information content (AvgIpc) is 3.20. The number of rotatable bonds is 6. The first-order valence-corrected chi connectivity index (χ1v) is 7.76. The Morgan fingerprint density at radius 3 is 3.00 bits per heavy atom. The zero-order valence-corrected chi connectivity index (χ0v) is 12.6. The Kier molecular flexibility index (Phi) is 4.06. The van der Waals surface area contributed by atoms with Gasteiger partial charge in [-0.25, -0.2) is 4.98 Å². The van der Waals surface area contributed by atoms with E-state index in [1.807, 2.05) is 24.3 Å². The second-order valence-electron chi connectivity index (χ2n) is 4.95. The number of hydrogen-bond acceptors (Lipinski definition) is 5. The summed E-state index contributed by atoms with van der Waals surface area (Å²) in [7, 11) is 1.62. The fourth-order valence-corrected chi connectivity index (χ4v) is 2.73. The third kappa shape index (κ3) is 3.52. The number of hydrogen-bond donors (Lipinski definition) is 2. The predicted octanol–water partition coefficient (Wildman–Crippen LogP) is 2.66. The van der Waals surface area contributed by atoms with Gasteiger partial charge in [0, 0.05) is 23.5 Å². The van der Waals surface area contributed by atoms with Gasteiger partial charge in [0.15, 0.2) is 5.13 Å². The highest BCUT2D eigenvalue weighted by Gasteiger charge is 2.22. The van der Waals surface area contributed by atoms with Crippen molar-refractivity contribution in [1.29, 1.82) is 0 Å². The first-order valence-electron chi connectivity index (χ1n) is 6.88. The maximum absolute atomic E-state index is 12.1. The zero-order valence-electron chi connectivity index (χ0n) is 11.8. The average molecular weight is 303 g/mol. The number of para-hydroxylation sites is 1. The van der Waals surface area contributed by atoms with Gasteiger partial charge in [-0.05, 0) is 18.9 Å². The molecule has 0 atom stereocenters. The van der Waals surface area contributed by atoms with E-state index in [9.17, 15) is 4.79 Å². The van der Waals surface area contributed by atoms with Crippen LogP contribution in [-0.4, -0.2) is 24.0 Å². The summed E-state index contributed by atoms with van der Waals surface area (Å²) < 4.78 is 5.26. The summed E-state index contributed by atoms with van der Waals surface area (Å²) in [5.74, 6) is 0.605. The minimum atomic E-state index is -0.166. The highest BCUT2D eigenvalue weighted by atomic mass is 32.1. The first kappa shape index (κ1) is 13.9. The molecule has 3 rings (SSSR count). The molecule has 1 fully saturated rings. The topological polar surface area (TPSA) is 63.2 Å². The molecule has 1 aromatic carbocycles. The number of aromatic nitrogens is 1. The number of anilines is 1. The quantitative estimate of drug-likeness (QED) is 0.861. The van der Waals surface area contributed by atoms with E-state index in [1.54, 1.807) is 12.5 Å². The lowest BCUT2D eigenvalue weighted by Crippen LogP contribution is -2.23. The fraction of sp³-hybridized carbons (Fsp3) is 0.333. The van der Waals surface area contributed by atoms with E-state index < -0.39 is 0 Å². The largest absolute Gasteiger partial charge is 0.496 e. The highest BCUT2D eigenvalue weighted by molar-refractivity contribution is 7.13. The number of benzene rings is 1. The van der Waals surface area contributed by atoms with Crippen molar-refractivity contribution in [3.8, 4) is 5.75 Å². The van der Waals surface area contributed by atoms with E-state index in [1.165, 1.54) is 24.2 Å². The van der Waals surface area contributed by atoms with E-state index in [4.69, 9.17) is 4.74 Å². The zero-order chi connectivity index (χ0) is 14.7. The molecule has 5 nitrogen and oxygen atoms in total. The van der Waals surface area contributed by atoms with Crippen molar-refractivity contribution in [2.75, 3.05) is 12.4 Å². The highest BCUT2D eigenvalue weighted by Crippen LogP contribution is 2.26. The van der Waals surface area contributed by atoms with Gasteiger partial charge in [0.1, 0.15) is 11.4 Å². The van der Waals surface area contributed by atoms with Crippen molar-refractivity contribution in [2.24, 2.45) is 0 Å². The van der Waals surface area contributed by atoms with Crippen molar-refractivity contribution in [3.63, 3.8) is 0 Å². The predicted molar refractivity (Wildman–Crippen MR) is 82.9 cm³/mol. The molecule has 0 spiro atoms. The Morgan fingerprint density at radius 2 is 2.24 bits per heavy atom. The summed E-state index contributed by atoms with van der Waals surface area (Å²) >= 11 is 1.47. The molecule has 2 N–H and O–H groups in total. The van der Waals surface area contributed by atoms with Gasteiger partial charge < -0.3 is 15.4 Å². The standard InChI is InChI=1S/C15H17N3O2S/c1-20-13-5-3-2-4-10(13)8-16-14(19)12-9-21-15(18-12)17-11-6-7-11/h2-5,9,11H,6-8H2,1H3,(H,16,19)(H,17,18). The molecule has 1 aliphatic rings. The van der Waals surface area contributed by atoms with Crippen molar-refractivity contribution in [2.45, 2.75) is 25.4 Å².